The summed E-state index contributed by atoms with van der Waals surface area (Å²) < 4.78 is 0. The molecule has 0 aromatic carbocycles. The number of thioether (sulfide) groups is 1. The summed E-state index contributed by atoms with van der Waals surface area (Å²) in [6.07, 6.45) is 5.14. The van der Waals surface area contributed by atoms with E-state index in [1.54, 1.807) is 10.5 Å². The van der Waals surface area contributed by atoms with E-state index in [4.69, 9.17) is 5.21 Å². The minimum absolute atomic E-state index is 0.224. The highest BCUT2D eigenvalue weighted by molar-refractivity contribution is 8.01. The van der Waals surface area contributed by atoms with Gasteiger partial charge in [-0.25, -0.2) is 11.0 Å². The zero-order valence-electron chi connectivity index (χ0n) is 10.8. The predicted octanol–water partition coefficient (Wildman–Crippen LogP) is 1.66. The molecule has 0 saturated carbocycles. The second-order valence-corrected chi connectivity index (χ2v) is 5.47. The number of hydrogen-bond acceptors (Lipinski definition) is 7. The largest absolute Gasteiger partial charge is 0.289 e. The second kappa shape index (κ2) is 8.28. The van der Waals surface area contributed by atoms with Gasteiger partial charge in [0.25, 0.3) is 5.91 Å². The lowest BCUT2D eigenvalue weighted by Crippen LogP contribution is -2.36. The van der Waals surface area contributed by atoms with E-state index in [9.17, 15) is 4.79 Å². The maximum Gasteiger partial charge on any atom is 0.256 e. The van der Waals surface area contributed by atoms with Gasteiger partial charge in [-0.3, -0.25) is 10.0 Å². The molecule has 0 aromatic heterocycles. The Morgan fingerprint density at radius 3 is 2.89 bits per heavy atom. The van der Waals surface area contributed by atoms with Crippen LogP contribution in [-0.2, 0) is 4.79 Å². The molecule has 0 radical (unpaired) electrons. The molecule has 0 saturated heterocycles. The summed E-state index contributed by atoms with van der Waals surface area (Å²) in [7, 11) is 1.81. The van der Waals surface area contributed by atoms with E-state index in [1.165, 1.54) is 18.2 Å². The number of carbonyl (C=O) groups is 1. The van der Waals surface area contributed by atoms with Crippen molar-refractivity contribution < 1.29 is 10.0 Å². The van der Waals surface area contributed by atoms with Crippen LogP contribution in [0.25, 0.3) is 0 Å². The number of carbonyl (C=O) groups excluding carboxylic acids is 1. The summed E-state index contributed by atoms with van der Waals surface area (Å²) in [5, 5.41) is 17.8. The molecule has 2 atom stereocenters. The van der Waals surface area contributed by atoms with E-state index in [0.29, 0.717) is 0 Å². The molecule has 8 heteroatoms. The number of hydroxylamine groups is 1. The molecule has 7 nitrogen and oxygen atoms in total. The highest BCUT2D eigenvalue weighted by Crippen LogP contribution is 2.27. The minimum atomic E-state index is -0.369. The van der Waals surface area contributed by atoms with Crippen LogP contribution in [0.5, 0.6) is 0 Å². The van der Waals surface area contributed by atoms with E-state index in [-0.39, 0.29) is 16.7 Å². The molecular formula is C10H21N5O2S. The summed E-state index contributed by atoms with van der Waals surface area (Å²) >= 11 is 1.38. The van der Waals surface area contributed by atoms with Gasteiger partial charge in [0.2, 0.25) is 0 Å². The topological polar surface area (TPSA) is 89.3 Å². The Hall–Kier alpha value is -0.860. The number of hydrazine groups is 1. The molecule has 0 aliphatic carbocycles. The van der Waals surface area contributed by atoms with Crippen molar-refractivity contribution in [2.45, 2.75) is 49.8 Å². The molecule has 1 heterocycles. The van der Waals surface area contributed by atoms with E-state index in [0.717, 1.165) is 25.7 Å². The van der Waals surface area contributed by atoms with Gasteiger partial charge in [-0.05, 0) is 6.42 Å². The monoisotopic (exact) mass is 275 g/mol. The molecule has 1 rings (SSSR count). The quantitative estimate of drug-likeness (QED) is 0.356. The van der Waals surface area contributed by atoms with Crippen molar-refractivity contribution in [1.29, 1.82) is 0 Å². The van der Waals surface area contributed by atoms with Gasteiger partial charge in [-0.15, -0.1) is 16.9 Å². The van der Waals surface area contributed by atoms with Gasteiger partial charge in [-0.2, -0.15) is 5.01 Å². The summed E-state index contributed by atoms with van der Waals surface area (Å²) in [6.45, 7) is 2.15. The summed E-state index contributed by atoms with van der Waals surface area (Å²) in [6, 6.07) is 0. The predicted molar refractivity (Wildman–Crippen MR) is 69.6 cm³/mol. The van der Waals surface area contributed by atoms with Gasteiger partial charge >= 0.3 is 0 Å². The lowest BCUT2D eigenvalue weighted by atomic mass is 10.1. The van der Waals surface area contributed by atoms with Crippen LogP contribution in [0.15, 0.2) is 10.3 Å². The van der Waals surface area contributed by atoms with Crippen LogP contribution in [-0.4, -0.2) is 33.9 Å². The Balaban J connectivity index is 2.40. The highest BCUT2D eigenvalue weighted by Gasteiger charge is 2.27. The standard InChI is InChI=1S/C10H21N5O2S/c1-3-4-5-6-7-8(9(16)12-17)18-10-11-13-14-15(10)2/h8,10,17H,3-7H2,1-2H3,(H,11,14)(H,12,16). The molecule has 0 aromatic rings. The fraction of sp³-hybridized carbons (Fsp3) is 0.900. The van der Waals surface area contributed by atoms with Crippen molar-refractivity contribution in [3.63, 3.8) is 0 Å². The number of amides is 1. The first-order chi connectivity index (χ1) is 8.69. The van der Waals surface area contributed by atoms with Crippen LogP contribution < -0.4 is 11.0 Å². The molecular weight excluding hydrogens is 254 g/mol. The number of nitrogens with one attached hydrogen (secondary N) is 2. The van der Waals surface area contributed by atoms with Crippen molar-refractivity contribution in [2.24, 2.45) is 10.3 Å². The van der Waals surface area contributed by atoms with Crippen LogP contribution in [0.3, 0.4) is 0 Å². The van der Waals surface area contributed by atoms with Crippen LogP contribution in [0.4, 0.5) is 0 Å². The molecule has 1 amide bonds. The first-order valence-electron chi connectivity index (χ1n) is 6.16. The summed E-state index contributed by atoms with van der Waals surface area (Å²) in [4.78, 5) is 11.6. The molecule has 3 N–H and O–H groups in total. The first kappa shape index (κ1) is 15.2. The normalized spacial score (nSPS) is 20.7. The van der Waals surface area contributed by atoms with Crippen molar-refractivity contribution in [3.8, 4) is 0 Å². The lowest BCUT2D eigenvalue weighted by molar-refractivity contribution is -0.128. The van der Waals surface area contributed by atoms with Gasteiger partial charge in [0, 0.05) is 7.05 Å². The fourth-order valence-electron chi connectivity index (χ4n) is 1.63. The van der Waals surface area contributed by atoms with E-state index < -0.39 is 0 Å². The van der Waals surface area contributed by atoms with Crippen molar-refractivity contribution in [3.05, 3.63) is 0 Å². The van der Waals surface area contributed by atoms with E-state index in [1.807, 2.05) is 7.05 Å². The third-order valence-electron chi connectivity index (χ3n) is 2.70. The zero-order valence-corrected chi connectivity index (χ0v) is 11.6. The molecule has 2 unspecified atom stereocenters. The molecule has 104 valence electrons. The highest BCUT2D eigenvalue weighted by atomic mass is 32.2. The average molecular weight is 275 g/mol. The Kier molecular flexibility index (Phi) is 6.99. The minimum Gasteiger partial charge on any atom is -0.289 e. The average Bonchev–Trinajstić information content (AvgIpc) is 2.78. The van der Waals surface area contributed by atoms with Crippen molar-refractivity contribution in [2.75, 3.05) is 7.05 Å². The molecule has 18 heavy (non-hydrogen) atoms. The SMILES string of the molecule is CCCCCCC(SC1N=NNN1C)C(=O)NO. The van der Waals surface area contributed by atoms with Crippen molar-refractivity contribution in [1.82, 2.24) is 16.0 Å². The number of unbranched alkanes of at least 4 members (excludes halogenated alkanes) is 3. The molecule has 1 aliphatic rings. The Morgan fingerprint density at radius 1 is 1.56 bits per heavy atom. The molecule has 0 bridgehead atoms. The summed E-state index contributed by atoms with van der Waals surface area (Å²) in [5.74, 6) is -0.369. The number of hydrogen-bond donors (Lipinski definition) is 3. The van der Waals surface area contributed by atoms with Gasteiger partial charge in [0.05, 0.1) is 5.25 Å². The lowest BCUT2D eigenvalue weighted by Gasteiger charge is -2.20. The third-order valence-corrected chi connectivity index (χ3v) is 4.13. The van der Waals surface area contributed by atoms with Gasteiger partial charge in [0.15, 0.2) is 5.50 Å². The van der Waals surface area contributed by atoms with Crippen LogP contribution in [0.2, 0.25) is 0 Å². The number of rotatable bonds is 8. The molecule has 1 aliphatic heterocycles. The van der Waals surface area contributed by atoms with Crippen LogP contribution >= 0.6 is 11.8 Å². The second-order valence-electron chi connectivity index (χ2n) is 4.20. The van der Waals surface area contributed by atoms with Gasteiger partial charge < -0.3 is 0 Å². The van der Waals surface area contributed by atoms with Gasteiger partial charge in [0.1, 0.15) is 0 Å². The van der Waals surface area contributed by atoms with Crippen LogP contribution in [0.1, 0.15) is 39.0 Å². The molecule has 0 fully saturated rings. The third kappa shape index (κ3) is 4.79. The van der Waals surface area contributed by atoms with Crippen molar-refractivity contribution >= 4 is 17.7 Å². The Bertz CT molecular complexity index is 289. The Labute approximate surface area is 111 Å². The first-order valence-corrected chi connectivity index (χ1v) is 7.11. The van der Waals surface area contributed by atoms with Gasteiger partial charge in [-0.1, -0.05) is 37.8 Å². The Morgan fingerprint density at radius 2 is 2.33 bits per heavy atom. The maximum atomic E-state index is 11.6. The molecule has 0 spiro atoms. The van der Waals surface area contributed by atoms with E-state index in [2.05, 4.69) is 22.8 Å². The number of nitrogens with zero attached hydrogens (tertiary/aromatic N) is 3. The van der Waals surface area contributed by atoms with E-state index >= 15 is 0 Å². The summed E-state index contributed by atoms with van der Waals surface area (Å²) in [5.41, 5.74) is 4.19. The maximum absolute atomic E-state index is 11.6. The zero-order chi connectivity index (χ0) is 13.4. The smallest absolute Gasteiger partial charge is 0.256 e. The van der Waals surface area contributed by atoms with Crippen LogP contribution in [0, 0.1) is 0 Å². The fourth-order valence-corrected chi connectivity index (χ4v) is 2.73.